The number of para-hydroxylation sites is 1. The van der Waals surface area contributed by atoms with E-state index in [9.17, 15) is 4.79 Å². The van der Waals surface area contributed by atoms with Gasteiger partial charge in [-0.3, -0.25) is 9.78 Å². The predicted molar refractivity (Wildman–Crippen MR) is 126 cm³/mol. The maximum atomic E-state index is 13.2. The number of carbonyl (C=O) groups excluding carboxylic acids is 1. The Bertz CT molecular complexity index is 1220. The number of hydrogen-bond acceptors (Lipinski definition) is 6. The van der Waals surface area contributed by atoms with Crippen molar-refractivity contribution in [1.29, 1.82) is 0 Å². The minimum Gasteiger partial charge on any atom is -0.337 e. The Morgan fingerprint density at radius 2 is 1.64 bits per heavy atom. The molecule has 0 saturated carbocycles. The first kappa shape index (κ1) is 20.8. The lowest BCUT2D eigenvalue weighted by Gasteiger charge is -2.37. The Kier molecular flexibility index (Phi) is 5.80. The number of benzene rings is 2. The smallest absolute Gasteiger partial charge is 0.272 e. The maximum Gasteiger partial charge on any atom is 0.272 e. The molecule has 8 heteroatoms. The molecule has 8 nitrogen and oxygen atoms in total. The third kappa shape index (κ3) is 4.45. The van der Waals surface area contributed by atoms with Gasteiger partial charge < -0.3 is 9.80 Å². The highest BCUT2D eigenvalue weighted by Crippen LogP contribution is 2.29. The second kappa shape index (κ2) is 9.20. The molecule has 0 N–H and O–H groups in total. The van der Waals surface area contributed by atoms with Gasteiger partial charge in [0.05, 0.1) is 7.05 Å². The number of aryl methyl sites for hydroxylation is 1. The first-order chi connectivity index (χ1) is 16.2. The molecule has 1 fully saturated rings. The number of pyridine rings is 1. The fraction of sp³-hybridized carbons (Fsp3) is 0.240. The van der Waals surface area contributed by atoms with E-state index in [1.165, 1.54) is 4.80 Å². The number of tetrazole rings is 1. The summed E-state index contributed by atoms with van der Waals surface area (Å²) in [5.41, 5.74) is 3.56. The molecule has 3 heterocycles. The van der Waals surface area contributed by atoms with E-state index in [1.807, 2.05) is 77.7 Å². The van der Waals surface area contributed by atoms with Crippen molar-refractivity contribution in [2.75, 3.05) is 18.0 Å². The Balaban J connectivity index is 1.32. The molecule has 0 aliphatic carbocycles. The van der Waals surface area contributed by atoms with Gasteiger partial charge in [-0.15, -0.1) is 5.10 Å². The fourth-order valence-electron chi connectivity index (χ4n) is 4.30. The lowest BCUT2D eigenvalue weighted by molar-refractivity contribution is 0.0708. The number of amides is 1. The van der Waals surface area contributed by atoms with Crippen LogP contribution in [-0.4, -0.2) is 55.1 Å². The Morgan fingerprint density at radius 3 is 2.30 bits per heavy atom. The number of nitrogens with zero attached hydrogens (tertiary/aromatic N) is 7. The van der Waals surface area contributed by atoms with Crippen LogP contribution >= 0.6 is 0 Å². The number of likely N-dealkylation sites (tertiary alicyclic amines) is 1. The Morgan fingerprint density at radius 1 is 0.939 bits per heavy atom. The number of anilines is 2. The van der Waals surface area contributed by atoms with Crippen molar-refractivity contribution in [1.82, 2.24) is 30.1 Å². The van der Waals surface area contributed by atoms with Crippen molar-refractivity contribution in [3.63, 3.8) is 0 Å². The van der Waals surface area contributed by atoms with Crippen molar-refractivity contribution < 1.29 is 4.79 Å². The molecule has 0 radical (unpaired) electrons. The Labute approximate surface area is 192 Å². The summed E-state index contributed by atoms with van der Waals surface area (Å²) < 4.78 is 0. The standard InChI is InChI=1S/C25H25N7O/c1-30-28-25(27-29-30)32(21-10-6-3-7-11-21)22-13-16-31(17-14-22)24(33)23-18-20(12-15-26-23)19-8-4-2-5-9-19/h2-12,15,18,22H,13-14,16-17H2,1H3. The number of piperidine rings is 1. The van der Waals surface area contributed by atoms with Crippen molar-refractivity contribution in [3.05, 3.63) is 84.7 Å². The minimum atomic E-state index is -0.0323. The zero-order valence-electron chi connectivity index (χ0n) is 18.5. The fourth-order valence-corrected chi connectivity index (χ4v) is 4.30. The van der Waals surface area contributed by atoms with Crippen molar-refractivity contribution in [2.45, 2.75) is 18.9 Å². The van der Waals surface area contributed by atoms with E-state index in [4.69, 9.17) is 0 Å². The highest BCUT2D eigenvalue weighted by Gasteiger charge is 2.31. The van der Waals surface area contributed by atoms with E-state index in [-0.39, 0.29) is 11.9 Å². The molecule has 0 unspecified atom stereocenters. The summed E-state index contributed by atoms with van der Waals surface area (Å²) in [6.45, 7) is 1.29. The summed E-state index contributed by atoms with van der Waals surface area (Å²) in [7, 11) is 1.76. The van der Waals surface area contributed by atoms with E-state index in [0.29, 0.717) is 24.7 Å². The highest BCUT2D eigenvalue weighted by atomic mass is 16.2. The summed E-state index contributed by atoms with van der Waals surface area (Å²) in [4.78, 5) is 23.1. The normalized spacial score (nSPS) is 14.3. The number of rotatable bonds is 5. The number of carbonyl (C=O) groups is 1. The van der Waals surface area contributed by atoms with Crippen molar-refractivity contribution >= 4 is 17.5 Å². The monoisotopic (exact) mass is 439 g/mol. The zero-order chi connectivity index (χ0) is 22.6. The van der Waals surface area contributed by atoms with Gasteiger partial charge in [-0.2, -0.15) is 4.80 Å². The summed E-state index contributed by atoms with van der Waals surface area (Å²) >= 11 is 0. The molecule has 0 bridgehead atoms. The lowest BCUT2D eigenvalue weighted by atomic mass is 10.0. The first-order valence-corrected chi connectivity index (χ1v) is 11.1. The van der Waals surface area contributed by atoms with Crippen molar-refractivity contribution in [3.8, 4) is 11.1 Å². The summed E-state index contributed by atoms with van der Waals surface area (Å²) in [6, 6.07) is 24.1. The molecule has 0 atom stereocenters. The molecule has 4 aromatic rings. The third-order valence-corrected chi connectivity index (χ3v) is 5.95. The molecule has 166 valence electrons. The van der Waals surface area contributed by atoms with Gasteiger partial charge in [-0.1, -0.05) is 53.6 Å². The molecule has 1 saturated heterocycles. The predicted octanol–water partition coefficient (Wildman–Crippen LogP) is 3.72. The Hall–Kier alpha value is -4.07. The van der Waals surface area contributed by atoms with Crippen LogP contribution in [0, 0.1) is 0 Å². The summed E-state index contributed by atoms with van der Waals surface area (Å²) in [5.74, 6) is 0.542. The van der Waals surface area contributed by atoms with Crippen LogP contribution in [-0.2, 0) is 7.05 Å². The third-order valence-electron chi connectivity index (χ3n) is 5.95. The van der Waals surface area contributed by atoms with Gasteiger partial charge in [0.2, 0.25) is 0 Å². The van der Waals surface area contributed by atoms with Crippen LogP contribution in [0.5, 0.6) is 0 Å². The molecule has 5 rings (SSSR count). The SMILES string of the molecule is Cn1nnc(N(c2ccccc2)C2CCN(C(=O)c3cc(-c4ccccc4)ccn3)CC2)n1. The van der Waals surface area contributed by atoms with Crippen LogP contribution in [0.25, 0.3) is 11.1 Å². The molecule has 2 aromatic heterocycles. The minimum absolute atomic E-state index is 0.0323. The second-order valence-corrected chi connectivity index (χ2v) is 8.10. The van der Waals surface area contributed by atoms with Crippen LogP contribution < -0.4 is 4.90 Å². The maximum absolute atomic E-state index is 13.2. The largest absolute Gasteiger partial charge is 0.337 e. The number of aromatic nitrogens is 5. The zero-order valence-corrected chi connectivity index (χ0v) is 18.5. The number of hydrogen-bond donors (Lipinski definition) is 0. The van der Waals surface area contributed by atoms with Gasteiger partial charge in [0, 0.05) is 31.0 Å². The molecule has 2 aromatic carbocycles. The highest BCUT2D eigenvalue weighted by molar-refractivity contribution is 5.93. The van der Waals surface area contributed by atoms with Gasteiger partial charge in [-0.05, 0) is 53.4 Å². The van der Waals surface area contributed by atoms with E-state index in [1.54, 1.807) is 13.2 Å². The van der Waals surface area contributed by atoms with Gasteiger partial charge in [0.25, 0.3) is 11.9 Å². The van der Waals surface area contributed by atoms with E-state index in [2.05, 4.69) is 25.3 Å². The van der Waals surface area contributed by atoms with Gasteiger partial charge >= 0.3 is 0 Å². The average molecular weight is 440 g/mol. The average Bonchev–Trinajstić information content (AvgIpc) is 3.31. The molecule has 0 spiro atoms. The van der Waals surface area contributed by atoms with Gasteiger partial charge in [-0.25, -0.2) is 0 Å². The topological polar surface area (TPSA) is 80.0 Å². The van der Waals surface area contributed by atoms with Gasteiger partial charge in [0.15, 0.2) is 0 Å². The van der Waals surface area contributed by atoms with Crippen LogP contribution in [0.1, 0.15) is 23.3 Å². The molecule has 1 amide bonds. The molecule has 33 heavy (non-hydrogen) atoms. The molecular formula is C25H25N7O. The molecule has 1 aliphatic rings. The van der Waals surface area contributed by atoms with Crippen LogP contribution in [0.4, 0.5) is 11.6 Å². The quantitative estimate of drug-likeness (QED) is 0.472. The molecular weight excluding hydrogens is 414 g/mol. The van der Waals surface area contributed by atoms with Crippen molar-refractivity contribution in [2.24, 2.45) is 7.05 Å². The first-order valence-electron chi connectivity index (χ1n) is 11.1. The van der Waals surface area contributed by atoms with E-state index >= 15 is 0 Å². The van der Waals surface area contributed by atoms with Crippen LogP contribution in [0.2, 0.25) is 0 Å². The van der Waals surface area contributed by atoms with E-state index in [0.717, 1.165) is 29.7 Å². The van der Waals surface area contributed by atoms with E-state index < -0.39 is 0 Å². The summed E-state index contributed by atoms with van der Waals surface area (Å²) in [5, 5.41) is 12.7. The van der Waals surface area contributed by atoms with Gasteiger partial charge in [0.1, 0.15) is 5.69 Å². The van der Waals surface area contributed by atoms with Crippen LogP contribution in [0.15, 0.2) is 79.0 Å². The lowest BCUT2D eigenvalue weighted by Crippen LogP contribution is -2.46. The second-order valence-electron chi connectivity index (χ2n) is 8.10. The summed E-state index contributed by atoms with van der Waals surface area (Å²) in [6.07, 6.45) is 3.31. The van der Waals surface area contributed by atoms with Crippen LogP contribution in [0.3, 0.4) is 0 Å². The molecule has 1 aliphatic heterocycles.